The molecule has 1 N–H and O–H groups in total. The van der Waals surface area contributed by atoms with Crippen molar-refractivity contribution in [3.05, 3.63) is 40.4 Å². The molecule has 0 spiro atoms. The first-order valence-electron chi connectivity index (χ1n) is 5.79. The summed E-state index contributed by atoms with van der Waals surface area (Å²) in [5.41, 5.74) is 1.25. The molecule has 0 atom stereocenters. The lowest BCUT2D eigenvalue weighted by Gasteiger charge is -2.29. The molecule has 0 unspecified atom stereocenters. The molecule has 0 aliphatic carbocycles. The summed E-state index contributed by atoms with van der Waals surface area (Å²) in [6.45, 7) is 2.36. The van der Waals surface area contributed by atoms with Gasteiger partial charge in [0.2, 0.25) is 0 Å². The normalized spacial score (nSPS) is 14.3. The van der Waals surface area contributed by atoms with Crippen LogP contribution < -0.4 is 4.90 Å². The third-order valence-corrected chi connectivity index (χ3v) is 3.84. The van der Waals surface area contributed by atoms with E-state index >= 15 is 0 Å². The molecule has 1 aromatic carbocycles. The molecule has 19 heavy (non-hydrogen) atoms. The Hall–Kier alpha value is -1.89. The van der Waals surface area contributed by atoms with Crippen molar-refractivity contribution in [1.29, 1.82) is 0 Å². The molecule has 0 saturated carbocycles. The van der Waals surface area contributed by atoms with Crippen molar-refractivity contribution in [3.8, 4) is 0 Å². The van der Waals surface area contributed by atoms with Crippen LogP contribution in [0.3, 0.4) is 0 Å². The SMILES string of the molecule is O=C(O)c1ccc(N2CCn3cnnc3C2)cc1Br. The maximum atomic E-state index is 11.0. The highest BCUT2D eigenvalue weighted by Crippen LogP contribution is 2.26. The largest absolute Gasteiger partial charge is 0.478 e. The Morgan fingerprint density at radius 2 is 2.21 bits per heavy atom. The Morgan fingerprint density at radius 3 is 2.95 bits per heavy atom. The molecule has 1 aromatic heterocycles. The van der Waals surface area contributed by atoms with Crippen molar-refractivity contribution < 1.29 is 9.90 Å². The Labute approximate surface area is 117 Å². The zero-order valence-corrected chi connectivity index (χ0v) is 11.5. The van der Waals surface area contributed by atoms with Crippen molar-refractivity contribution >= 4 is 27.6 Å². The number of anilines is 1. The number of aromatic carboxylic acids is 1. The van der Waals surface area contributed by atoms with Gasteiger partial charge in [0.15, 0.2) is 5.82 Å². The summed E-state index contributed by atoms with van der Waals surface area (Å²) in [6, 6.07) is 5.26. The summed E-state index contributed by atoms with van der Waals surface area (Å²) in [5.74, 6) is -0.0125. The number of carbonyl (C=O) groups is 1. The van der Waals surface area contributed by atoms with Gasteiger partial charge < -0.3 is 14.6 Å². The molecule has 7 heteroatoms. The first-order valence-corrected chi connectivity index (χ1v) is 6.59. The summed E-state index contributed by atoms with van der Waals surface area (Å²) >= 11 is 3.30. The number of aromatic nitrogens is 3. The molecule has 2 heterocycles. The molecule has 0 saturated heterocycles. The number of carboxylic acid groups (broad SMARTS) is 1. The number of benzene rings is 1. The van der Waals surface area contributed by atoms with Crippen molar-refractivity contribution in [1.82, 2.24) is 14.8 Å². The van der Waals surface area contributed by atoms with Gasteiger partial charge in [0, 0.05) is 23.2 Å². The molecule has 2 aromatic rings. The highest BCUT2D eigenvalue weighted by Gasteiger charge is 2.19. The number of carboxylic acids is 1. The van der Waals surface area contributed by atoms with Gasteiger partial charge in [-0.05, 0) is 34.1 Å². The van der Waals surface area contributed by atoms with Gasteiger partial charge in [-0.15, -0.1) is 10.2 Å². The summed E-state index contributed by atoms with van der Waals surface area (Å²) in [7, 11) is 0. The molecule has 1 aliphatic heterocycles. The molecule has 0 fully saturated rings. The first kappa shape index (κ1) is 12.2. The third-order valence-electron chi connectivity index (χ3n) is 3.19. The van der Waals surface area contributed by atoms with E-state index < -0.39 is 5.97 Å². The third kappa shape index (κ3) is 2.21. The van der Waals surface area contributed by atoms with Gasteiger partial charge in [0.1, 0.15) is 6.33 Å². The molecular weight excluding hydrogens is 312 g/mol. The molecule has 1 aliphatic rings. The number of fused-ring (bicyclic) bond motifs is 1. The molecule has 6 nitrogen and oxygen atoms in total. The molecule has 3 rings (SSSR count). The minimum absolute atomic E-state index is 0.268. The Morgan fingerprint density at radius 1 is 1.37 bits per heavy atom. The quantitative estimate of drug-likeness (QED) is 0.912. The lowest BCUT2D eigenvalue weighted by atomic mass is 10.2. The van der Waals surface area contributed by atoms with Crippen molar-refractivity contribution in [3.63, 3.8) is 0 Å². The summed E-state index contributed by atoms with van der Waals surface area (Å²) < 4.78 is 2.61. The van der Waals surface area contributed by atoms with E-state index in [4.69, 9.17) is 5.11 Å². The molecule has 0 radical (unpaired) electrons. The molecule has 0 bridgehead atoms. The van der Waals surface area contributed by atoms with E-state index in [0.717, 1.165) is 24.6 Å². The maximum absolute atomic E-state index is 11.0. The number of rotatable bonds is 2. The van der Waals surface area contributed by atoms with E-state index in [9.17, 15) is 4.79 Å². The zero-order chi connectivity index (χ0) is 13.4. The Bertz CT molecular complexity index is 640. The second-order valence-corrected chi connectivity index (χ2v) is 5.19. The summed E-state index contributed by atoms with van der Waals surface area (Å²) in [5, 5.41) is 17.0. The van der Waals surface area contributed by atoms with Gasteiger partial charge in [-0.25, -0.2) is 4.79 Å². The van der Waals surface area contributed by atoms with E-state index in [1.54, 1.807) is 12.4 Å². The van der Waals surface area contributed by atoms with Gasteiger partial charge in [0.25, 0.3) is 0 Å². The summed E-state index contributed by atoms with van der Waals surface area (Å²) in [4.78, 5) is 13.1. The fourth-order valence-corrected chi connectivity index (χ4v) is 2.70. The number of hydrogen-bond donors (Lipinski definition) is 1. The second kappa shape index (κ2) is 4.65. The second-order valence-electron chi connectivity index (χ2n) is 4.33. The Kier molecular flexibility index (Phi) is 2.98. The average molecular weight is 323 g/mol. The Balaban J connectivity index is 1.88. The fourth-order valence-electron chi connectivity index (χ4n) is 2.16. The molecule has 98 valence electrons. The zero-order valence-electron chi connectivity index (χ0n) is 9.95. The van der Waals surface area contributed by atoms with Gasteiger partial charge in [0.05, 0.1) is 12.1 Å². The average Bonchev–Trinajstić information content (AvgIpc) is 2.85. The van der Waals surface area contributed by atoms with Crippen LogP contribution in [-0.4, -0.2) is 32.4 Å². The molecule has 0 amide bonds. The first-order chi connectivity index (χ1) is 9.15. The highest BCUT2D eigenvalue weighted by atomic mass is 79.9. The van der Waals surface area contributed by atoms with Crippen LogP contribution in [-0.2, 0) is 13.1 Å². The number of halogens is 1. The van der Waals surface area contributed by atoms with Crippen LogP contribution in [0.4, 0.5) is 5.69 Å². The van der Waals surface area contributed by atoms with Crippen LogP contribution in [0.2, 0.25) is 0 Å². The van der Waals surface area contributed by atoms with Crippen LogP contribution in [0.1, 0.15) is 16.2 Å². The molecular formula is C12H11BrN4O2. The topological polar surface area (TPSA) is 71.2 Å². The van der Waals surface area contributed by atoms with Crippen molar-refractivity contribution in [2.45, 2.75) is 13.1 Å². The van der Waals surface area contributed by atoms with E-state index in [-0.39, 0.29) is 5.56 Å². The van der Waals surface area contributed by atoms with Crippen molar-refractivity contribution in [2.24, 2.45) is 0 Å². The lowest BCUT2D eigenvalue weighted by molar-refractivity contribution is 0.0696. The highest BCUT2D eigenvalue weighted by molar-refractivity contribution is 9.10. The van der Waals surface area contributed by atoms with Crippen LogP contribution in [0, 0.1) is 0 Å². The standard InChI is InChI=1S/C12H11BrN4O2/c13-10-5-8(1-2-9(10)12(18)19)16-3-4-17-7-14-15-11(17)6-16/h1-2,5,7H,3-4,6H2,(H,18,19). The van der Waals surface area contributed by atoms with Crippen LogP contribution in [0.5, 0.6) is 0 Å². The predicted molar refractivity (Wildman–Crippen MR) is 72.2 cm³/mol. The smallest absolute Gasteiger partial charge is 0.336 e. The van der Waals surface area contributed by atoms with Gasteiger partial charge in [-0.2, -0.15) is 0 Å². The number of hydrogen-bond acceptors (Lipinski definition) is 4. The number of nitrogens with zero attached hydrogens (tertiary/aromatic N) is 4. The van der Waals surface area contributed by atoms with E-state index in [2.05, 4.69) is 31.0 Å². The van der Waals surface area contributed by atoms with Gasteiger partial charge in [-0.3, -0.25) is 0 Å². The minimum Gasteiger partial charge on any atom is -0.478 e. The van der Waals surface area contributed by atoms with Crippen molar-refractivity contribution in [2.75, 3.05) is 11.4 Å². The predicted octanol–water partition coefficient (Wildman–Crippen LogP) is 1.76. The van der Waals surface area contributed by atoms with E-state index in [0.29, 0.717) is 11.0 Å². The minimum atomic E-state index is -0.934. The van der Waals surface area contributed by atoms with Crippen LogP contribution in [0.15, 0.2) is 29.0 Å². The maximum Gasteiger partial charge on any atom is 0.336 e. The monoisotopic (exact) mass is 322 g/mol. The van der Waals surface area contributed by atoms with E-state index in [1.165, 1.54) is 0 Å². The lowest BCUT2D eigenvalue weighted by Crippen LogP contribution is -2.33. The fraction of sp³-hybridized carbons (Fsp3) is 0.250. The van der Waals surface area contributed by atoms with Gasteiger partial charge >= 0.3 is 5.97 Å². The van der Waals surface area contributed by atoms with Gasteiger partial charge in [-0.1, -0.05) is 0 Å². The van der Waals surface area contributed by atoms with Crippen LogP contribution >= 0.6 is 15.9 Å². The van der Waals surface area contributed by atoms with Crippen LogP contribution in [0.25, 0.3) is 0 Å². The van der Waals surface area contributed by atoms with E-state index in [1.807, 2.05) is 16.7 Å². The summed E-state index contributed by atoms with van der Waals surface area (Å²) in [6.07, 6.45) is 1.73.